The maximum Gasteiger partial charge on any atom is 0.154 e. The van der Waals surface area contributed by atoms with Crippen LogP contribution in [0.5, 0.6) is 0 Å². The van der Waals surface area contributed by atoms with Crippen LogP contribution in [0, 0.1) is 5.82 Å². The number of imidazole rings is 1. The number of aromatic nitrogens is 4. The second kappa shape index (κ2) is 8.68. The monoisotopic (exact) mass is 458 g/mol. The smallest absolute Gasteiger partial charge is 0.154 e. The summed E-state index contributed by atoms with van der Waals surface area (Å²) in [5, 5.41) is 14.8. The Morgan fingerprint density at radius 2 is 1.76 bits per heavy atom. The summed E-state index contributed by atoms with van der Waals surface area (Å²) in [4.78, 5) is 13.9. The van der Waals surface area contributed by atoms with Crippen molar-refractivity contribution >= 4 is 17.3 Å². The first-order chi connectivity index (χ1) is 16.7. The minimum absolute atomic E-state index is 0.100. The van der Waals surface area contributed by atoms with Crippen LogP contribution in [0.25, 0.3) is 17.0 Å². The van der Waals surface area contributed by atoms with E-state index in [1.54, 1.807) is 12.1 Å². The Bertz CT molecular complexity index is 1320. The Hall–Kier alpha value is -3.52. The van der Waals surface area contributed by atoms with Crippen molar-refractivity contribution in [2.24, 2.45) is 0 Å². The fourth-order valence-corrected chi connectivity index (χ4v) is 5.13. The van der Waals surface area contributed by atoms with Crippen LogP contribution in [0.1, 0.15) is 37.3 Å². The molecule has 1 unspecified atom stereocenters. The Labute approximate surface area is 197 Å². The van der Waals surface area contributed by atoms with E-state index in [-0.39, 0.29) is 18.0 Å². The normalized spacial score (nSPS) is 19.3. The number of nitrogens with zero attached hydrogens (tertiary/aromatic N) is 6. The van der Waals surface area contributed by atoms with Crippen LogP contribution >= 0.6 is 0 Å². The lowest BCUT2D eigenvalue weighted by Gasteiger charge is -2.30. The van der Waals surface area contributed by atoms with E-state index in [4.69, 9.17) is 10.1 Å². The predicted octanol–water partition coefficient (Wildman–Crippen LogP) is 4.23. The molecule has 1 N–H and O–H groups in total. The summed E-state index contributed by atoms with van der Waals surface area (Å²) < 4.78 is 15.7. The van der Waals surface area contributed by atoms with Gasteiger partial charge in [0.2, 0.25) is 0 Å². The summed E-state index contributed by atoms with van der Waals surface area (Å²) >= 11 is 0. The lowest BCUT2D eigenvalue weighted by atomic mass is 10.0. The van der Waals surface area contributed by atoms with Crippen molar-refractivity contribution in [3.8, 4) is 11.4 Å². The summed E-state index contributed by atoms with van der Waals surface area (Å²) in [6.45, 7) is 2.46. The average molecular weight is 459 g/mol. The summed E-state index contributed by atoms with van der Waals surface area (Å²) in [7, 11) is 0. The third-order valence-corrected chi connectivity index (χ3v) is 6.91. The first-order valence-corrected chi connectivity index (χ1v) is 11.9. The molecule has 6 rings (SSSR count). The molecule has 0 aliphatic carbocycles. The average Bonchev–Trinajstić information content (AvgIpc) is 3.52. The van der Waals surface area contributed by atoms with Gasteiger partial charge in [0.25, 0.3) is 0 Å². The third kappa shape index (κ3) is 3.88. The number of hydrogen-bond donors (Lipinski definition) is 1. The zero-order valence-electron chi connectivity index (χ0n) is 18.9. The van der Waals surface area contributed by atoms with Crippen LogP contribution in [-0.2, 0) is 0 Å². The number of benzene rings is 1. The van der Waals surface area contributed by atoms with E-state index >= 15 is 0 Å². The molecule has 1 aromatic carbocycles. The Morgan fingerprint density at radius 3 is 2.62 bits per heavy atom. The number of halogens is 1. The van der Waals surface area contributed by atoms with Gasteiger partial charge in [-0.3, -0.25) is 0 Å². The van der Waals surface area contributed by atoms with Crippen molar-refractivity contribution in [2.75, 3.05) is 29.4 Å². The largest absolute Gasteiger partial charge is 0.393 e. The molecule has 2 aliphatic rings. The van der Waals surface area contributed by atoms with Crippen LogP contribution in [-0.4, -0.2) is 50.4 Å². The van der Waals surface area contributed by atoms with E-state index < -0.39 is 0 Å². The van der Waals surface area contributed by atoms with Gasteiger partial charge in [-0.05, 0) is 67.6 Å². The molecule has 0 amide bonds. The second-order valence-electron chi connectivity index (χ2n) is 9.11. The SMILES string of the molecule is OC1CCN(c2cccc(-c3cnc4ccc(N5CCCC5c5cccc(F)c5)nn34)n2)CC1. The molecule has 2 aliphatic heterocycles. The number of pyridine rings is 1. The van der Waals surface area contributed by atoms with Crippen LogP contribution in [0.2, 0.25) is 0 Å². The molecule has 3 aromatic heterocycles. The first kappa shape index (κ1) is 21.0. The van der Waals surface area contributed by atoms with E-state index in [2.05, 4.69) is 14.8 Å². The molecule has 34 heavy (non-hydrogen) atoms. The number of piperidine rings is 1. The number of rotatable bonds is 4. The van der Waals surface area contributed by atoms with Crippen molar-refractivity contribution in [1.82, 2.24) is 19.6 Å². The topological polar surface area (TPSA) is 69.8 Å². The molecule has 0 spiro atoms. The standard InChI is InChI=1S/C26H27FN6O/c27-19-5-1-4-18(16-19)22-7-3-13-32(22)26-10-9-24-28-17-23(33(24)30-26)21-6-2-8-25(29-21)31-14-11-20(34)12-15-31/h1-2,4-6,8-10,16-17,20,22,34H,3,7,11-15H2. The molecule has 0 bridgehead atoms. The van der Waals surface area contributed by atoms with Gasteiger partial charge in [0.15, 0.2) is 5.65 Å². The maximum atomic E-state index is 13.9. The summed E-state index contributed by atoms with van der Waals surface area (Å²) in [6.07, 6.45) is 5.11. The van der Waals surface area contributed by atoms with Crippen LogP contribution in [0.4, 0.5) is 16.0 Å². The minimum Gasteiger partial charge on any atom is -0.393 e. The van der Waals surface area contributed by atoms with Gasteiger partial charge in [-0.2, -0.15) is 0 Å². The van der Waals surface area contributed by atoms with Crippen molar-refractivity contribution in [3.05, 3.63) is 72.2 Å². The molecule has 174 valence electrons. The molecule has 2 saturated heterocycles. The fourth-order valence-electron chi connectivity index (χ4n) is 5.13. The lowest BCUT2D eigenvalue weighted by Crippen LogP contribution is -2.36. The number of aliphatic hydroxyl groups is 1. The van der Waals surface area contributed by atoms with Gasteiger partial charge in [-0.25, -0.2) is 18.9 Å². The van der Waals surface area contributed by atoms with E-state index in [9.17, 15) is 9.50 Å². The molecule has 4 aromatic rings. The summed E-state index contributed by atoms with van der Waals surface area (Å²) in [5.74, 6) is 1.54. The Balaban J connectivity index is 1.34. The Kier molecular flexibility index (Phi) is 5.37. The van der Waals surface area contributed by atoms with Gasteiger partial charge in [-0.1, -0.05) is 18.2 Å². The van der Waals surface area contributed by atoms with Gasteiger partial charge >= 0.3 is 0 Å². The van der Waals surface area contributed by atoms with E-state index in [0.29, 0.717) is 0 Å². The van der Waals surface area contributed by atoms with Crippen LogP contribution in [0.3, 0.4) is 0 Å². The molecule has 7 nitrogen and oxygen atoms in total. The van der Waals surface area contributed by atoms with Gasteiger partial charge < -0.3 is 14.9 Å². The zero-order valence-corrected chi connectivity index (χ0v) is 18.9. The highest BCUT2D eigenvalue weighted by Gasteiger charge is 2.28. The highest BCUT2D eigenvalue weighted by molar-refractivity contribution is 5.62. The van der Waals surface area contributed by atoms with Crippen molar-refractivity contribution < 1.29 is 9.50 Å². The highest BCUT2D eigenvalue weighted by atomic mass is 19.1. The quantitative estimate of drug-likeness (QED) is 0.494. The number of aliphatic hydroxyl groups excluding tert-OH is 1. The highest BCUT2D eigenvalue weighted by Crippen LogP contribution is 2.35. The number of anilines is 2. The maximum absolute atomic E-state index is 13.9. The Morgan fingerprint density at radius 1 is 0.912 bits per heavy atom. The molecular formula is C26H27FN6O. The van der Waals surface area contributed by atoms with Crippen LogP contribution in [0.15, 0.2) is 60.8 Å². The summed E-state index contributed by atoms with van der Waals surface area (Å²) in [6, 6.07) is 16.9. The van der Waals surface area contributed by atoms with Crippen molar-refractivity contribution in [1.29, 1.82) is 0 Å². The van der Waals surface area contributed by atoms with E-state index in [1.807, 2.05) is 47.1 Å². The van der Waals surface area contributed by atoms with E-state index in [0.717, 1.165) is 79.6 Å². The molecular weight excluding hydrogens is 431 g/mol. The van der Waals surface area contributed by atoms with Crippen molar-refractivity contribution in [3.63, 3.8) is 0 Å². The first-order valence-electron chi connectivity index (χ1n) is 11.9. The summed E-state index contributed by atoms with van der Waals surface area (Å²) in [5.41, 5.74) is 3.38. The molecule has 1 atom stereocenters. The predicted molar refractivity (Wildman–Crippen MR) is 129 cm³/mol. The van der Waals surface area contributed by atoms with Crippen LogP contribution < -0.4 is 9.80 Å². The van der Waals surface area contributed by atoms with Gasteiger partial charge in [0.05, 0.1) is 24.0 Å². The number of fused-ring (bicyclic) bond motifs is 1. The van der Waals surface area contributed by atoms with Gasteiger partial charge in [0, 0.05) is 19.6 Å². The minimum atomic E-state index is -0.220. The molecule has 2 fully saturated rings. The lowest BCUT2D eigenvalue weighted by molar-refractivity contribution is 0.145. The van der Waals surface area contributed by atoms with Crippen molar-refractivity contribution in [2.45, 2.75) is 37.8 Å². The van der Waals surface area contributed by atoms with E-state index in [1.165, 1.54) is 6.07 Å². The fraction of sp³-hybridized carbons (Fsp3) is 0.346. The number of hydrogen-bond acceptors (Lipinski definition) is 6. The second-order valence-corrected chi connectivity index (χ2v) is 9.11. The molecule has 8 heteroatoms. The zero-order chi connectivity index (χ0) is 23.1. The van der Waals surface area contributed by atoms with Gasteiger partial charge in [0.1, 0.15) is 23.1 Å². The molecule has 0 radical (unpaired) electrons. The molecule has 0 saturated carbocycles. The van der Waals surface area contributed by atoms with Gasteiger partial charge in [-0.15, -0.1) is 5.10 Å². The third-order valence-electron chi connectivity index (χ3n) is 6.91. The molecule has 5 heterocycles.